The van der Waals surface area contributed by atoms with Crippen molar-refractivity contribution >= 4 is 11.8 Å². The minimum Gasteiger partial charge on any atom is -0.485 e. The Hall–Kier alpha value is -3.44. The zero-order chi connectivity index (χ0) is 20.5. The van der Waals surface area contributed by atoms with Crippen LogP contribution in [-0.4, -0.2) is 38.6 Å². The molecular formula is C20H20N4O4. The van der Waals surface area contributed by atoms with E-state index in [2.05, 4.69) is 10.4 Å². The van der Waals surface area contributed by atoms with Crippen molar-refractivity contribution in [2.45, 2.75) is 38.5 Å². The van der Waals surface area contributed by atoms with E-state index in [4.69, 9.17) is 4.74 Å². The fourth-order valence-corrected chi connectivity index (χ4v) is 3.16. The summed E-state index contributed by atoms with van der Waals surface area (Å²) < 4.78 is 5.88. The van der Waals surface area contributed by atoms with E-state index in [-0.39, 0.29) is 5.56 Å². The Morgan fingerprint density at radius 3 is 2.71 bits per heavy atom. The second-order valence-corrected chi connectivity index (χ2v) is 7.04. The molecule has 0 spiro atoms. The molecule has 2 heterocycles. The summed E-state index contributed by atoms with van der Waals surface area (Å²) in [5, 5.41) is 21.3. The highest BCUT2D eigenvalue weighted by atomic mass is 16.5. The number of hydrogen-bond acceptors (Lipinski definition) is 6. The van der Waals surface area contributed by atoms with Gasteiger partial charge in [0.2, 0.25) is 5.91 Å². The van der Waals surface area contributed by atoms with Gasteiger partial charge in [0.1, 0.15) is 23.5 Å². The van der Waals surface area contributed by atoms with E-state index >= 15 is 0 Å². The van der Waals surface area contributed by atoms with Gasteiger partial charge in [0.15, 0.2) is 0 Å². The standard InChI is InChI=1S/C20H20N4O4/c1-12(25)23-24(19(27)14-5-4-8-22-11-14)17-15-9-13(10-21)6-7-16(15)28-20(2,3)18(17)26/h4-9,11,17-18,26H,1-3H3,(H,23,25)/t17-,18+/m1/s1. The second kappa shape index (κ2) is 7.29. The number of aliphatic hydroxyl groups is 1. The molecule has 2 N–H and O–H groups in total. The molecular weight excluding hydrogens is 360 g/mol. The van der Waals surface area contributed by atoms with Gasteiger partial charge in [0.05, 0.1) is 17.2 Å². The van der Waals surface area contributed by atoms with Gasteiger partial charge in [-0.1, -0.05) is 0 Å². The van der Waals surface area contributed by atoms with Crippen LogP contribution in [0.3, 0.4) is 0 Å². The van der Waals surface area contributed by atoms with E-state index in [0.717, 1.165) is 5.01 Å². The summed E-state index contributed by atoms with van der Waals surface area (Å²) in [6, 6.07) is 8.99. The first-order chi connectivity index (χ1) is 13.2. The van der Waals surface area contributed by atoms with Crippen LogP contribution in [0.25, 0.3) is 0 Å². The number of pyridine rings is 1. The van der Waals surface area contributed by atoms with Crippen LogP contribution in [0.2, 0.25) is 0 Å². The minimum absolute atomic E-state index is 0.241. The highest BCUT2D eigenvalue weighted by Crippen LogP contribution is 2.43. The zero-order valence-corrected chi connectivity index (χ0v) is 15.7. The summed E-state index contributed by atoms with van der Waals surface area (Å²) in [4.78, 5) is 28.9. The summed E-state index contributed by atoms with van der Waals surface area (Å²) in [6.45, 7) is 4.64. The number of rotatable bonds is 2. The summed E-state index contributed by atoms with van der Waals surface area (Å²) >= 11 is 0. The van der Waals surface area contributed by atoms with Crippen LogP contribution in [0.5, 0.6) is 5.75 Å². The third kappa shape index (κ3) is 3.52. The van der Waals surface area contributed by atoms with Crippen molar-refractivity contribution in [3.8, 4) is 11.8 Å². The predicted molar refractivity (Wildman–Crippen MR) is 98.8 cm³/mol. The molecule has 0 saturated heterocycles. The molecule has 1 aliphatic rings. The molecule has 0 fully saturated rings. The van der Waals surface area contributed by atoms with Gasteiger partial charge in [-0.2, -0.15) is 5.26 Å². The normalized spacial score (nSPS) is 19.5. The lowest BCUT2D eigenvalue weighted by atomic mass is 9.85. The van der Waals surface area contributed by atoms with Crippen molar-refractivity contribution in [1.82, 2.24) is 15.4 Å². The molecule has 1 aromatic carbocycles. The van der Waals surface area contributed by atoms with Gasteiger partial charge >= 0.3 is 0 Å². The number of nitriles is 1. The van der Waals surface area contributed by atoms with E-state index in [1.165, 1.54) is 19.3 Å². The number of aliphatic hydroxyl groups excluding tert-OH is 1. The lowest BCUT2D eigenvalue weighted by Gasteiger charge is -2.45. The highest BCUT2D eigenvalue weighted by molar-refractivity contribution is 5.95. The smallest absolute Gasteiger partial charge is 0.274 e. The predicted octanol–water partition coefficient (Wildman–Crippen LogP) is 1.72. The lowest BCUT2D eigenvalue weighted by Crippen LogP contribution is -2.58. The molecule has 1 aromatic heterocycles. The highest BCUT2D eigenvalue weighted by Gasteiger charge is 2.47. The number of carbonyl (C=O) groups is 2. The molecule has 8 heteroatoms. The van der Waals surface area contributed by atoms with Gasteiger partial charge < -0.3 is 9.84 Å². The van der Waals surface area contributed by atoms with Crippen molar-refractivity contribution in [3.05, 3.63) is 59.4 Å². The zero-order valence-electron chi connectivity index (χ0n) is 15.7. The fraction of sp³-hybridized carbons (Fsp3) is 0.300. The number of ether oxygens (including phenoxy) is 1. The Balaban J connectivity index is 2.16. The van der Waals surface area contributed by atoms with Crippen LogP contribution in [-0.2, 0) is 4.79 Å². The fourth-order valence-electron chi connectivity index (χ4n) is 3.16. The monoisotopic (exact) mass is 380 g/mol. The molecule has 0 aliphatic carbocycles. The van der Waals surface area contributed by atoms with E-state index < -0.39 is 29.6 Å². The van der Waals surface area contributed by atoms with Crippen molar-refractivity contribution < 1.29 is 19.4 Å². The van der Waals surface area contributed by atoms with Crippen LogP contribution in [0, 0.1) is 11.3 Å². The van der Waals surface area contributed by atoms with Gasteiger partial charge in [-0.25, -0.2) is 5.01 Å². The average molecular weight is 380 g/mol. The molecule has 8 nitrogen and oxygen atoms in total. The second-order valence-electron chi connectivity index (χ2n) is 7.04. The van der Waals surface area contributed by atoms with E-state index in [1.807, 2.05) is 6.07 Å². The molecule has 0 saturated carbocycles. The van der Waals surface area contributed by atoms with E-state index in [0.29, 0.717) is 16.9 Å². The van der Waals surface area contributed by atoms with Crippen molar-refractivity contribution in [1.29, 1.82) is 5.26 Å². The van der Waals surface area contributed by atoms with Crippen molar-refractivity contribution in [3.63, 3.8) is 0 Å². The topological polar surface area (TPSA) is 116 Å². The van der Waals surface area contributed by atoms with Gasteiger partial charge in [-0.05, 0) is 44.2 Å². The van der Waals surface area contributed by atoms with E-state index in [1.54, 1.807) is 44.2 Å². The molecule has 1 aliphatic heterocycles. The van der Waals surface area contributed by atoms with Crippen LogP contribution >= 0.6 is 0 Å². The quantitative estimate of drug-likeness (QED) is 0.767. The first-order valence-electron chi connectivity index (χ1n) is 8.66. The molecule has 2 amide bonds. The Morgan fingerprint density at radius 1 is 1.36 bits per heavy atom. The number of benzene rings is 1. The number of fused-ring (bicyclic) bond motifs is 1. The van der Waals surface area contributed by atoms with Gasteiger partial charge in [0, 0.05) is 24.9 Å². The Labute approximate surface area is 162 Å². The van der Waals surface area contributed by atoms with Crippen LogP contribution < -0.4 is 10.2 Å². The maximum Gasteiger partial charge on any atom is 0.274 e. The molecule has 144 valence electrons. The number of hydrogen-bond donors (Lipinski definition) is 2. The Kier molecular flexibility index (Phi) is 5.03. The number of hydrazine groups is 1. The number of nitrogens with one attached hydrogen (secondary N) is 1. The summed E-state index contributed by atoms with van der Waals surface area (Å²) in [6.07, 6.45) is 1.72. The largest absolute Gasteiger partial charge is 0.485 e. The van der Waals surface area contributed by atoms with Crippen LogP contribution in [0.15, 0.2) is 42.7 Å². The van der Waals surface area contributed by atoms with Crippen LogP contribution in [0.1, 0.15) is 48.3 Å². The molecule has 0 bridgehead atoms. The third-order valence-corrected chi connectivity index (χ3v) is 4.53. The number of amides is 2. The maximum atomic E-state index is 13.2. The number of carbonyl (C=O) groups excluding carboxylic acids is 2. The SMILES string of the molecule is CC(=O)NN(C(=O)c1cccnc1)[C@@H]1c2cc(C#N)ccc2OC(C)(C)[C@H]1O. The van der Waals surface area contributed by atoms with Gasteiger partial charge in [-0.15, -0.1) is 0 Å². The molecule has 2 atom stereocenters. The minimum atomic E-state index is -1.18. The van der Waals surface area contributed by atoms with E-state index in [9.17, 15) is 20.0 Å². The Bertz CT molecular complexity index is 952. The number of aromatic nitrogens is 1. The molecule has 3 rings (SSSR count). The van der Waals surface area contributed by atoms with Gasteiger partial charge in [-0.3, -0.25) is 20.0 Å². The first kappa shape index (κ1) is 19.3. The molecule has 0 unspecified atom stereocenters. The van der Waals surface area contributed by atoms with Crippen molar-refractivity contribution in [2.24, 2.45) is 0 Å². The summed E-state index contributed by atoms with van der Waals surface area (Å²) in [5.74, 6) is -0.598. The lowest BCUT2D eigenvalue weighted by molar-refractivity contribution is -0.129. The molecule has 2 aromatic rings. The molecule has 0 radical (unpaired) electrons. The van der Waals surface area contributed by atoms with Gasteiger partial charge in [0.25, 0.3) is 5.91 Å². The number of nitrogens with zero attached hydrogens (tertiary/aromatic N) is 3. The van der Waals surface area contributed by atoms with Crippen molar-refractivity contribution in [2.75, 3.05) is 0 Å². The third-order valence-electron chi connectivity index (χ3n) is 4.53. The summed E-state index contributed by atoms with van der Waals surface area (Å²) in [5.41, 5.74) is 2.48. The maximum absolute atomic E-state index is 13.2. The first-order valence-corrected chi connectivity index (χ1v) is 8.66. The van der Waals surface area contributed by atoms with Crippen LogP contribution in [0.4, 0.5) is 0 Å². The summed E-state index contributed by atoms with van der Waals surface area (Å²) in [7, 11) is 0. The Morgan fingerprint density at radius 2 is 2.11 bits per heavy atom. The molecule has 28 heavy (non-hydrogen) atoms. The average Bonchev–Trinajstić information content (AvgIpc) is 2.67.